The zero-order chi connectivity index (χ0) is 16.7. The van der Waals surface area contributed by atoms with E-state index in [-0.39, 0.29) is 18.0 Å². The van der Waals surface area contributed by atoms with Crippen LogP contribution in [0.25, 0.3) is 0 Å². The molecule has 0 atom stereocenters. The molecule has 1 aromatic rings. The molecule has 1 amide bonds. The summed E-state index contributed by atoms with van der Waals surface area (Å²) in [7, 11) is 0. The van der Waals surface area contributed by atoms with Gasteiger partial charge in [-0.05, 0) is 38.0 Å². The average molecular weight is 310 g/mol. The monoisotopic (exact) mass is 310 g/mol. The molecule has 0 unspecified atom stereocenters. The quantitative estimate of drug-likeness (QED) is 0.467. The Kier molecular flexibility index (Phi) is 6.46. The van der Waals surface area contributed by atoms with E-state index in [1.807, 2.05) is 0 Å². The Bertz CT molecular complexity index is 585. The molecule has 0 aliphatic heterocycles. The number of nitrogens with one attached hydrogen (secondary N) is 1. The van der Waals surface area contributed by atoms with E-state index < -0.39 is 23.4 Å². The average Bonchev–Trinajstić information content (AvgIpc) is 2.46. The highest BCUT2D eigenvalue weighted by Crippen LogP contribution is 2.27. The van der Waals surface area contributed by atoms with Crippen LogP contribution >= 0.6 is 0 Å². The van der Waals surface area contributed by atoms with E-state index >= 15 is 0 Å². The molecule has 1 aromatic carbocycles. The summed E-state index contributed by atoms with van der Waals surface area (Å²) in [5.41, 5.74) is 1.40. The van der Waals surface area contributed by atoms with Crippen LogP contribution < -0.4 is 5.32 Å². The number of nitro groups is 1. The Morgan fingerprint density at radius 2 is 1.86 bits per heavy atom. The number of hydrogen-bond donors (Lipinski definition) is 1. The van der Waals surface area contributed by atoms with Crippen molar-refractivity contribution in [3.8, 4) is 0 Å². The molecule has 0 saturated carbocycles. The number of amides is 1. The predicted molar refractivity (Wildman–Crippen MR) is 78.7 cm³/mol. The lowest BCUT2D eigenvalue weighted by atomic mass is 10.1. The number of anilines is 1. The minimum Gasteiger partial charge on any atom is -0.454 e. The summed E-state index contributed by atoms with van der Waals surface area (Å²) in [4.78, 5) is 33.3. The van der Waals surface area contributed by atoms with Gasteiger partial charge in [-0.3, -0.25) is 14.9 Å². The summed E-state index contributed by atoms with van der Waals surface area (Å²) >= 11 is 0. The Hall–Kier alpha value is -2.48. The second-order valence-corrected chi connectivity index (χ2v) is 4.56. The number of benzene rings is 1. The Balaban J connectivity index is 2.70. The molecule has 8 heteroatoms. The van der Waals surface area contributed by atoms with Crippen molar-refractivity contribution < 1.29 is 24.0 Å². The van der Waals surface area contributed by atoms with Crippen LogP contribution in [0.15, 0.2) is 12.1 Å². The number of carbonyl (C=O) groups excluding carboxylic acids is 2. The molecule has 0 aliphatic rings. The minimum atomic E-state index is -0.674. The van der Waals surface area contributed by atoms with Gasteiger partial charge in [0, 0.05) is 12.7 Å². The van der Waals surface area contributed by atoms with Crippen LogP contribution in [0.5, 0.6) is 0 Å². The molecule has 0 radical (unpaired) electrons. The van der Waals surface area contributed by atoms with E-state index in [1.54, 1.807) is 20.8 Å². The van der Waals surface area contributed by atoms with Gasteiger partial charge in [-0.15, -0.1) is 0 Å². The maximum Gasteiger partial charge on any atom is 0.332 e. The third-order valence-electron chi connectivity index (χ3n) is 2.87. The van der Waals surface area contributed by atoms with Crippen LogP contribution in [0.3, 0.4) is 0 Å². The molecule has 1 N–H and O–H groups in total. The van der Waals surface area contributed by atoms with Gasteiger partial charge in [-0.2, -0.15) is 0 Å². The summed E-state index contributed by atoms with van der Waals surface area (Å²) in [5, 5.41) is 13.4. The van der Waals surface area contributed by atoms with E-state index in [2.05, 4.69) is 10.1 Å². The van der Waals surface area contributed by atoms with E-state index in [0.29, 0.717) is 6.61 Å². The van der Waals surface area contributed by atoms with E-state index in [0.717, 1.165) is 11.1 Å². The van der Waals surface area contributed by atoms with Crippen molar-refractivity contribution in [1.82, 2.24) is 0 Å². The highest BCUT2D eigenvalue weighted by molar-refractivity contribution is 5.95. The Morgan fingerprint density at radius 1 is 1.23 bits per heavy atom. The number of hydrogen-bond acceptors (Lipinski definition) is 6. The lowest BCUT2D eigenvalue weighted by Gasteiger charge is -2.09. The SMILES string of the molecule is CCOCC(=O)OCC(=O)Nc1cc(C)c(C)cc1[N+](=O)[O-]. The van der Waals surface area contributed by atoms with Gasteiger partial charge in [0.25, 0.3) is 11.6 Å². The van der Waals surface area contributed by atoms with E-state index in [9.17, 15) is 19.7 Å². The van der Waals surface area contributed by atoms with Crippen molar-refractivity contribution in [3.63, 3.8) is 0 Å². The number of ether oxygens (including phenoxy) is 2. The van der Waals surface area contributed by atoms with Crippen molar-refractivity contribution in [3.05, 3.63) is 33.4 Å². The predicted octanol–water partition coefficient (Wildman–Crippen LogP) is 1.73. The van der Waals surface area contributed by atoms with Gasteiger partial charge in [0.05, 0.1) is 4.92 Å². The first-order valence-corrected chi connectivity index (χ1v) is 6.64. The third-order valence-corrected chi connectivity index (χ3v) is 2.87. The van der Waals surface area contributed by atoms with Crippen LogP contribution in [-0.4, -0.2) is 36.6 Å². The number of nitro benzene ring substituents is 1. The fourth-order valence-corrected chi connectivity index (χ4v) is 1.61. The van der Waals surface area contributed by atoms with Crippen LogP contribution in [0.1, 0.15) is 18.1 Å². The standard InChI is InChI=1S/C14H18N2O6/c1-4-21-8-14(18)22-7-13(17)15-11-5-9(2)10(3)6-12(11)16(19)20/h5-6H,4,7-8H2,1-3H3,(H,15,17). The number of carbonyl (C=O) groups is 2. The van der Waals surface area contributed by atoms with Gasteiger partial charge in [-0.25, -0.2) is 4.79 Å². The lowest BCUT2D eigenvalue weighted by molar-refractivity contribution is -0.384. The van der Waals surface area contributed by atoms with Gasteiger partial charge in [-0.1, -0.05) is 0 Å². The van der Waals surface area contributed by atoms with Crippen molar-refractivity contribution >= 4 is 23.3 Å². The highest BCUT2D eigenvalue weighted by Gasteiger charge is 2.18. The van der Waals surface area contributed by atoms with Gasteiger partial charge >= 0.3 is 5.97 Å². The fourth-order valence-electron chi connectivity index (χ4n) is 1.61. The van der Waals surface area contributed by atoms with Crippen LogP contribution in [0.2, 0.25) is 0 Å². The van der Waals surface area contributed by atoms with Gasteiger partial charge in [0.2, 0.25) is 0 Å². The fraction of sp³-hybridized carbons (Fsp3) is 0.429. The van der Waals surface area contributed by atoms with Crippen LogP contribution in [0, 0.1) is 24.0 Å². The zero-order valence-corrected chi connectivity index (χ0v) is 12.7. The summed E-state index contributed by atoms with van der Waals surface area (Å²) in [5.74, 6) is -1.33. The van der Waals surface area contributed by atoms with Gasteiger partial charge < -0.3 is 14.8 Å². The minimum absolute atomic E-state index is 0.0685. The van der Waals surface area contributed by atoms with Crippen molar-refractivity contribution in [2.45, 2.75) is 20.8 Å². The van der Waals surface area contributed by atoms with E-state index in [4.69, 9.17) is 4.74 Å². The number of esters is 1. The van der Waals surface area contributed by atoms with Crippen LogP contribution in [0.4, 0.5) is 11.4 Å². The largest absolute Gasteiger partial charge is 0.454 e. The Morgan fingerprint density at radius 3 is 2.45 bits per heavy atom. The third kappa shape index (κ3) is 5.13. The number of nitrogens with zero attached hydrogens (tertiary/aromatic N) is 1. The molecular formula is C14H18N2O6. The van der Waals surface area contributed by atoms with Gasteiger partial charge in [0.1, 0.15) is 12.3 Å². The molecule has 1 rings (SSSR count). The van der Waals surface area contributed by atoms with Crippen LogP contribution in [-0.2, 0) is 19.1 Å². The molecule has 120 valence electrons. The molecule has 0 fully saturated rings. The molecule has 0 aromatic heterocycles. The molecule has 0 bridgehead atoms. The van der Waals surface area contributed by atoms with Crippen molar-refractivity contribution in [1.29, 1.82) is 0 Å². The molecule has 0 heterocycles. The first-order chi connectivity index (χ1) is 10.3. The Labute approximate surface area is 127 Å². The first-order valence-electron chi connectivity index (χ1n) is 6.64. The highest BCUT2D eigenvalue weighted by atomic mass is 16.6. The lowest BCUT2D eigenvalue weighted by Crippen LogP contribution is -2.23. The second kappa shape index (κ2) is 8.08. The summed E-state index contributed by atoms with van der Waals surface area (Å²) in [6.45, 7) is 4.82. The smallest absolute Gasteiger partial charge is 0.332 e. The first kappa shape index (κ1) is 17.6. The summed E-state index contributed by atoms with van der Waals surface area (Å²) in [6.07, 6.45) is 0. The molecule has 0 spiro atoms. The topological polar surface area (TPSA) is 108 Å². The van der Waals surface area contributed by atoms with E-state index in [1.165, 1.54) is 12.1 Å². The maximum atomic E-state index is 11.7. The zero-order valence-electron chi connectivity index (χ0n) is 12.7. The second-order valence-electron chi connectivity index (χ2n) is 4.56. The molecule has 22 heavy (non-hydrogen) atoms. The molecule has 0 saturated heterocycles. The van der Waals surface area contributed by atoms with Gasteiger partial charge in [0.15, 0.2) is 6.61 Å². The molecule has 0 aliphatic carbocycles. The number of rotatable bonds is 7. The summed E-state index contributed by atoms with van der Waals surface area (Å²) in [6, 6.07) is 2.89. The van der Waals surface area contributed by atoms with Crippen molar-refractivity contribution in [2.75, 3.05) is 25.1 Å². The normalized spacial score (nSPS) is 10.1. The molecule has 8 nitrogen and oxygen atoms in total. The maximum absolute atomic E-state index is 11.7. The molecular weight excluding hydrogens is 292 g/mol. The number of aryl methyl sites for hydroxylation is 2. The van der Waals surface area contributed by atoms with Crippen molar-refractivity contribution in [2.24, 2.45) is 0 Å². The summed E-state index contributed by atoms with van der Waals surface area (Å²) < 4.78 is 9.52.